The molecule has 1 atom stereocenters. The van der Waals surface area contributed by atoms with Crippen LogP contribution in [0.2, 0.25) is 0 Å². The Morgan fingerprint density at radius 1 is 1.11 bits per heavy atom. The fourth-order valence-electron chi connectivity index (χ4n) is 3.51. The Bertz CT molecular complexity index is 612. The van der Waals surface area contributed by atoms with E-state index < -0.39 is 18.1 Å². The van der Waals surface area contributed by atoms with Crippen LogP contribution in [0.5, 0.6) is 0 Å². The number of rotatable bonds is 7. The second-order valence-electron chi connectivity index (χ2n) is 6.94. The lowest BCUT2D eigenvalue weighted by Gasteiger charge is -2.31. The Balaban J connectivity index is 0.000000892. The molecule has 1 aromatic rings. The number of nitrogens with one attached hydrogen (secondary N) is 1. The number of aryl methyl sites for hydroxylation is 1. The molecule has 0 saturated heterocycles. The van der Waals surface area contributed by atoms with E-state index in [-0.39, 0.29) is 11.8 Å². The molecule has 0 spiro atoms. The lowest BCUT2D eigenvalue weighted by Crippen LogP contribution is -2.49. The van der Waals surface area contributed by atoms with Crippen molar-refractivity contribution in [1.29, 1.82) is 0 Å². The number of carbonyl (C=O) groups excluding carboxylic acids is 2. The van der Waals surface area contributed by atoms with Crippen molar-refractivity contribution in [3.63, 3.8) is 0 Å². The third-order valence-electron chi connectivity index (χ3n) is 4.97. The molecule has 4 N–H and O–H groups in total. The molecular weight excluding hydrogens is 364 g/mol. The van der Waals surface area contributed by atoms with Gasteiger partial charge in [0.2, 0.25) is 5.91 Å². The minimum Gasteiger partial charge on any atom is -0.450 e. The van der Waals surface area contributed by atoms with Gasteiger partial charge < -0.3 is 15.1 Å². The summed E-state index contributed by atoms with van der Waals surface area (Å²) in [5.41, 5.74) is 2.93. The van der Waals surface area contributed by atoms with E-state index in [0.717, 1.165) is 38.5 Å². The summed E-state index contributed by atoms with van der Waals surface area (Å²) < 4.78 is 0. The molecule has 156 valence electrons. The van der Waals surface area contributed by atoms with E-state index in [1.54, 1.807) is 12.5 Å². The molecule has 8 nitrogen and oxygen atoms in total. The first kappa shape index (κ1) is 23.4. The third kappa shape index (κ3) is 8.39. The average molecular weight is 394 g/mol. The van der Waals surface area contributed by atoms with Crippen LogP contribution in [0.15, 0.2) is 30.3 Å². The minimum absolute atomic E-state index is 0.0202. The molecule has 1 unspecified atom stereocenters. The summed E-state index contributed by atoms with van der Waals surface area (Å²) in [6.45, 7) is 0. The zero-order chi connectivity index (χ0) is 20.9. The van der Waals surface area contributed by atoms with Gasteiger partial charge in [-0.05, 0) is 37.7 Å². The second kappa shape index (κ2) is 12.7. The molecule has 0 radical (unpaired) electrons. The number of carbonyl (C=O) groups is 3. The molecule has 0 heterocycles. The first-order valence-corrected chi connectivity index (χ1v) is 9.53. The van der Waals surface area contributed by atoms with Gasteiger partial charge in [-0.1, -0.05) is 49.6 Å². The van der Waals surface area contributed by atoms with Crippen molar-refractivity contribution in [2.24, 2.45) is 5.92 Å². The first-order valence-electron chi connectivity index (χ1n) is 9.53. The van der Waals surface area contributed by atoms with Crippen molar-refractivity contribution in [3.8, 4) is 0 Å². The molecule has 1 saturated carbocycles. The molecule has 0 bridgehead atoms. The van der Waals surface area contributed by atoms with Crippen LogP contribution in [-0.4, -0.2) is 51.4 Å². The van der Waals surface area contributed by atoms with E-state index in [9.17, 15) is 9.59 Å². The third-order valence-corrected chi connectivity index (χ3v) is 4.97. The number of benzene rings is 1. The number of likely N-dealkylation sites (N-methyl/N-ethyl adjacent to an activating group) is 1. The van der Waals surface area contributed by atoms with Gasteiger partial charge in [-0.25, -0.2) is 10.3 Å². The summed E-state index contributed by atoms with van der Waals surface area (Å²) in [7, 11) is 1.68. The van der Waals surface area contributed by atoms with Gasteiger partial charge in [0, 0.05) is 13.0 Å². The number of hydrogen-bond acceptors (Lipinski definition) is 4. The Hall–Kier alpha value is -2.61. The van der Waals surface area contributed by atoms with E-state index in [1.165, 1.54) is 16.9 Å². The molecule has 1 aliphatic rings. The van der Waals surface area contributed by atoms with Gasteiger partial charge in [0.05, 0.1) is 0 Å². The van der Waals surface area contributed by atoms with Crippen LogP contribution in [0.25, 0.3) is 0 Å². The van der Waals surface area contributed by atoms with Gasteiger partial charge in [-0.2, -0.15) is 0 Å². The maximum absolute atomic E-state index is 12.7. The van der Waals surface area contributed by atoms with Crippen LogP contribution in [0.1, 0.15) is 50.5 Å². The standard InChI is InChI=1S/C19H28N2O3.CH2O3/c1-21(19(23)16-12-6-3-7-13-16)17(18(22)20-24)14-8-11-15-9-4-2-5-10-15;2-1(3)4/h2,4-5,9-10,16-17,24H,3,6-8,11-14H2,1H3,(H,20,22);(H2,2,3,4). The second-order valence-corrected chi connectivity index (χ2v) is 6.94. The molecule has 28 heavy (non-hydrogen) atoms. The van der Waals surface area contributed by atoms with Crippen LogP contribution in [0.3, 0.4) is 0 Å². The predicted octanol–water partition coefficient (Wildman–Crippen LogP) is 3.14. The summed E-state index contributed by atoms with van der Waals surface area (Å²) in [6, 6.07) is 9.45. The molecule has 0 aliphatic heterocycles. The summed E-state index contributed by atoms with van der Waals surface area (Å²) in [5, 5.41) is 23.0. The lowest BCUT2D eigenvalue weighted by molar-refractivity contribution is -0.146. The van der Waals surface area contributed by atoms with Crippen molar-refractivity contribution in [2.75, 3.05) is 7.05 Å². The van der Waals surface area contributed by atoms with Crippen LogP contribution >= 0.6 is 0 Å². The van der Waals surface area contributed by atoms with E-state index in [0.29, 0.717) is 6.42 Å². The maximum Gasteiger partial charge on any atom is 0.503 e. The summed E-state index contributed by atoms with van der Waals surface area (Å²) in [6.07, 6.45) is 5.48. The van der Waals surface area contributed by atoms with Crippen LogP contribution in [0, 0.1) is 5.92 Å². The van der Waals surface area contributed by atoms with E-state index in [1.807, 2.05) is 18.2 Å². The highest BCUT2D eigenvalue weighted by Gasteiger charge is 2.31. The predicted molar refractivity (Wildman–Crippen MR) is 103 cm³/mol. The topological polar surface area (TPSA) is 127 Å². The largest absolute Gasteiger partial charge is 0.503 e. The van der Waals surface area contributed by atoms with Crippen molar-refractivity contribution >= 4 is 18.0 Å². The molecule has 1 aromatic carbocycles. The Labute approximate surface area is 165 Å². The molecule has 8 heteroatoms. The lowest BCUT2D eigenvalue weighted by atomic mass is 9.88. The van der Waals surface area contributed by atoms with Crippen molar-refractivity contribution < 1.29 is 29.8 Å². The highest BCUT2D eigenvalue weighted by Crippen LogP contribution is 2.26. The van der Waals surface area contributed by atoms with Gasteiger partial charge >= 0.3 is 6.16 Å². The fraction of sp³-hybridized carbons (Fsp3) is 0.550. The number of hydroxylamine groups is 1. The van der Waals surface area contributed by atoms with Crippen LogP contribution < -0.4 is 5.48 Å². The molecule has 2 amide bonds. The molecular formula is C20H30N2O6. The summed E-state index contributed by atoms with van der Waals surface area (Å²) >= 11 is 0. The van der Waals surface area contributed by atoms with Crippen molar-refractivity contribution in [2.45, 2.75) is 57.4 Å². The number of nitrogens with zero attached hydrogens (tertiary/aromatic N) is 1. The zero-order valence-electron chi connectivity index (χ0n) is 16.2. The van der Waals surface area contributed by atoms with Crippen LogP contribution in [0.4, 0.5) is 4.79 Å². The quantitative estimate of drug-likeness (QED) is 0.416. The molecule has 1 aliphatic carbocycles. The highest BCUT2D eigenvalue weighted by molar-refractivity contribution is 5.87. The number of amides is 2. The minimum atomic E-state index is -1.83. The molecule has 0 aromatic heterocycles. The maximum atomic E-state index is 12.7. The highest BCUT2D eigenvalue weighted by atomic mass is 16.6. The van der Waals surface area contributed by atoms with Gasteiger partial charge in [0.15, 0.2) is 0 Å². The van der Waals surface area contributed by atoms with Gasteiger partial charge in [0.1, 0.15) is 6.04 Å². The Kier molecular flexibility index (Phi) is 10.6. The van der Waals surface area contributed by atoms with Crippen molar-refractivity contribution in [3.05, 3.63) is 35.9 Å². The first-order chi connectivity index (χ1) is 13.4. The van der Waals surface area contributed by atoms with Gasteiger partial charge in [-0.15, -0.1) is 0 Å². The van der Waals surface area contributed by atoms with Crippen molar-refractivity contribution in [1.82, 2.24) is 10.4 Å². The monoisotopic (exact) mass is 394 g/mol. The normalized spacial score (nSPS) is 14.9. The SMILES string of the molecule is CN(C(=O)C1CCCCC1)C(CCCc1ccccc1)C(=O)NO.O=C(O)O. The van der Waals surface area contributed by atoms with Crippen LogP contribution in [-0.2, 0) is 16.0 Å². The zero-order valence-corrected chi connectivity index (χ0v) is 16.2. The molecule has 2 rings (SSSR count). The number of carboxylic acid groups (broad SMARTS) is 2. The Morgan fingerprint density at radius 3 is 2.21 bits per heavy atom. The van der Waals surface area contributed by atoms with E-state index in [4.69, 9.17) is 20.2 Å². The average Bonchev–Trinajstić information content (AvgIpc) is 2.70. The van der Waals surface area contributed by atoms with E-state index in [2.05, 4.69) is 12.1 Å². The smallest absolute Gasteiger partial charge is 0.450 e. The fourth-order valence-corrected chi connectivity index (χ4v) is 3.51. The van der Waals surface area contributed by atoms with Gasteiger partial charge in [-0.3, -0.25) is 14.8 Å². The van der Waals surface area contributed by atoms with E-state index >= 15 is 0 Å². The summed E-state index contributed by atoms with van der Waals surface area (Å²) in [4.78, 5) is 34.8. The Morgan fingerprint density at radius 2 is 1.68 bits per heavy atom. The number of hydrogen-bond donors (Lipinski definition) is 4. The van der Waals surface area contributed by atoms with Gasteiger partial charge in [0.25, 0.3) is 5.91 Å². The summed E-state index contributed by atoms with van der Waals surface area (Å²) in [5.74, 6) is -0.454. The molecule has 1 fully saturated rings.